The number of nitrogens with one attached hydrogen (secondary N) is 4. The molecule has 2 bridgehead atoms. The number of rotatable bonds is 5. The van der Waals surface area contributed by atoms with Crippen LogP contribution in [0.25, 0.3) is 0 Å². The Kier molecular flexibility index (Phi) is 9.42. The average molecular weight is 553 g/mol. The fourth-order valence-corrected chi connectivity index (χ4v) is 4.85. The summed E-state index contributed by atoms with van der Waals surface area (Å²) < 4.78 is 5.47. The highest BCUT2D eigenvalue weighted by Gasteiger charge is 2.27. The molecule has 0 saturated heterocycles. The lowest BCUT2D eigenvalue weighted by molar-refractivity contribution is -0.129. The molecule has 0 unspecified atom stereocenters. The summed E-state index contributed by atoms with van der Waals surface area (Å²) >= 11 is 1.46. The molecule has 206 valence electrons. The molecule has 4 N–H and O–H groups in total. The Morgan fingerprint density at radius 1 is 1.10 bits per heavy atom. The van der Waals surface area contributed by atoms with Gasteiger partial charge in [-0.1, -0.05) is 30.3 Å². The van der Waals surface area contributed by atoms with Gasteiger partial charge in [0.05, 0.1) is 17.1 Å². The van der Waals surface area contributed by atoms with Crippen molar-refractivity contribution in [3.63, 3.8) is 0 Å². The van der Waals surface area contributed by atoms with Gasteiger partial charge in [-0.2, -0.15) is 0 Å². The highest BCUT2D eigenvalue weighted by molar-refractivity contribution is 7.09. The molecule has 0 fully saturated rings. The third kappa shape index (κ3) is 7.96. The van der Waals surface area contributed by atoms with Crippen LogP contribution in [0.2, 0.25) is 0 Å². The van der Waals surface area contributed by atoms with Gasteiger partial charge >= 0.3 is 0 Å². The number of carbonyl (C=O) groups is 4. The molecule has 4 rings (SSSR count). The molecule has 12 heteroatoms. The van der Waals surface area contributed by atoms with Gasteiger partial charge in [0.15, 0.2) is 5.69 Å². The minimum Gasteiger partial charge on any atom is -0.446 e. The van der Waals surface area contributed by atoms with Crippen LogP contribution >= 0.6 is 11.3 Å². The first-order valence-electron chi connectivity index (χ1n) is 12.9. The van der Waals surface area contributed by atoms with E-state index in [2.05, 4.69) is 31.2 Å². The smallest absolute Gasteiger partial charge is 0.273 e. The summed E-state index contributed by atoms with van der Waals surface area (Å²) in [6.45, 7) is 3.89. The third-order valence-corrected chi connectivity index (χ3v) is 7.09. The zero-order valence-electron chi connectivity index (χ0n) is 21.9. The molecular weight excluding hydrogens is 520 g/mol. The lowest BCUT2D eigenvalue weighted by Gasteiger charge is -2.21. The highest BCUT2D eigenvalue weighted by atomic mass is 32.1. The first-order valence-corrected chi connectivity index (χ1v) is 13.7. The van der Waals surface area contributed by atoms with Crippen LogP contribution in [0.4, 0.5) is 0 Å². The van der Waals surface area contributed by atoms with Gasteiger partial charge in [0.25, 0.3) is 5.91 Å². The summed E-state index contributed by atoms with van der Waals surface area (Å²) in [6, 6.07) is 7.14. The Bertz CT molecular complexity index is 1310. The molecule has 11 nitrogen and oxygen atoms in total. The monoisotopic (exact) mass is 552 g/mol. The largest absolute Gasteiger partial charge is 0.446 e. The number of carbonyl (C=O) groups excluding carboxylic acids is 4. The Balaban J connectivity index is 1.48. The van der Waals surface area contributed by atoms with Crippen LogP contribution in [0.5, 0.6) is 0 Å². The molecule has 3 heterocycles. The predicted octanol–water partition coefficient (Wildman–Crippen LogP) is 1.99. The van der Waals surface area contributed by atoms with Crippen LogP contribution in [-0.4, -0.2) is 52.2 Å². The molecule has 39 heavy (non-hydrogen) atoms. The van der Waals surface area contributed by atoms with E-state index in [4.69, 9.17) is 4.42 Å². The first kappa shape index (κ1) is 28.0. The van der Waals surface area contributed by atoms with E-state index < -0.39 is 29.9 Å². The summed E-state index contributed by atoms with van der Waals surface area (Å²) in [5, 5.41) is 13.9. The van der Waals surface area contributed by atoms with Crippen LogP contribution in [0.15, 0.2) is 46.4 Å². The molecule has 1 aromatic carbocycles. The van der Waals surface area contributed by atoms with Crippen molar-refractivity contribution in [2.45, 2.75) is 64.1 Å². The Labute approximate surface area is 230 Å². The number of thiazole rings is 1. The van der Waals surface area contributed by atoms with Crippen molar-refractivity contribution in [3.8, 4) is 0 Å². The lowest BCUT2D eigenvalue weighted by atomic mass is 10.0. The summed E-state index contributed by atoms with van der Waals surface area (Å²) in [7, 11) is 0. The van der Waals surface area contributed by atoms with Crippen molar-refractivity contribution in [2.75, 3.05) is 6.54 Å². The summed E-state index contributed by atoms with van der Waals surface area (Å²) in [6.07, 6.45) is 3.10. The van der Waals surface area contributed by atoms with Crippen LogP contribution in [0.3, 0.4) is 0 Å². The zero-order valence-corrected chi connectivity index (χ0v) is 22.7. The standard InChI is InChI=1S/C27H32N6O5S/c1-16-27-33-22(14-38-27)26(37)32-21(12-18-8-4-3-5-9-18)24(35)28-11-7-6-10-20(25(36)29-16)31-23(34)13-19-15-39-17(2)30-19/h3-5,8-9,14-16,20-21H,6-7,10-13H2,1-2H3,(H,28,35)(H,29,36)(H,31,34)(H,32,37)/t16-,20-,21-/m0/s1. The Morgan fingerprint density at radius 2 is 1.90 bits per heavy atom. The van der Waals surface area contributed by atoms with E-state index in [0.717, 1.165) is 10.6 Å². The van der Waals surface area contributed by atoms with E-state index in [1.807, 2.05) is 42.6 Å². The van der Waals surface area contributed by atoms with Crippen molar-refractivity contribution in [1.29, 1.82) is 0 Å². The number of benzene rings is 1. The number of aromatic nitrogens is 2. The molecule has 3 atom stereocenters. The molecule has 3 aromatic rings. The molecule has 4 amide bonds. The topological polar surface area (TPSA) is 155 Å². The van der Waals surface area contributed by atoms with Crippen LogP contribution in [0, 0.1) is 6.92 Å². The summed E-state index contributed by atoms with van der Waals surface area (Å²) in [5.74, 6) is -1.46. The Morgan fingerprint density at radius 3 is 2.64 bits per heavy atom. The van der Waals surface area contributed by atoms with E-state index in [-0.39, 0.29) is 29.8 Å². The van der Waals surface area contributed by atoms with Crippen LogP contribution in [0.1, 0.15) is 64.9 Å². The SMILES string of the molecule is Cc1nc(CC(=O)N[C@H]2CCCCNC(=O)[C@H](Cc3ccccc3)NC(=O)c3coc(n3)[C@H](C)NC2=O)cs1. The molecule has 1 aliphatic rings. The molecule has 0 radical (unpaired) electrons. The highest BCUT2D eigenvalue weighted by Crippen LogP contribution is 2.15. The number of hydrogen-bond acceptors (Lipinski definition) is 8. The minimum atomic E-state index is -0.813. The summed E-state index contributed by atoms with van der Waals surface area (Å²) in [4.78, 5) is 60.3. The predicted molar refractivity (Wildman–Crippen MR) is 144 cm³/mol. The normalized spacial score (nSPS) is 21.0. The zero-order chi connectivity index (χ0) is 27.8. The van der Waals surface area contributed by atoms with E-state index in [1.165, 1.54) is 17.6 Å². The number of oxazole rings is 1. The van der Waals surface area contributed by atoms with Gasteiger partial charge in [0, 0.05) is 18.3 Å². The molecule has 1 aliphatic heterocycles. The van der Waals surface area contributed by atoms with Crippen molar-refractivity contribution in [3.05, 3.63) is 69.8 Å². The van der Waals surface area contributed by atoms with Gasteiger partial charge in [0.1, 0.15) is 24.4 Å². The Hall–Kier alpha value is -4.06. The minimum absolute atomic E-state index is 0.00698. The quantitative estimate of drug-likeness (QED) is 0.377. The number of nitrogens with zero attached hydrogens (tertiary/aromatic N) is 2. The maximum Gasteiger partial charge on any atom is 0.273 e. The van der Waals surface area contributed by atoms with Crippen molar-refractivity contribution < 1.29 is 23.6 Å². The van der Waals surface area contributed by atoms with Gasteiger partial charge in [-0.3, -0.25) is 19.2 Å². The van der Waals surface area contributed by atoms with Gasteiger partial charge in [-0.15, -0.1) is 11.3 Å². The second-order valence-electron chi connectivity index (χ2n) is 9.46. The van der Waals surface area contributed by atoms with E-state index in [9.17, 15) is 19.2 Å². The van der Waals surface area contributed by atoms with Crippen molar-refractivity contribution in [1.82, 2.24) is 31.2 Å². The number of amides is 4. The van der Waals surface area contributed by atoms with Gasteiger partial charge in [0.2, 0.25) is 23.6 Å². The molecule has 2 aromatic heterocycles. The second-order valence-corrected chi connectivity index (χ2v) is 10.5. The van der Waals surface area contributed by atoms with Crippen LogP contribution < -0.4 is 21.3 Å². The number of fused-ring (bicyclic) bond motifs is 2. The van der Waals surface area contributed by atoms with Gasteiger partial charge in [-0.05, 0) is 38.7 Å². The van der Waals surface area contributed by atoms with Crippen LogP contribution in [-0.2, 0) is 27.2 Å². The van der Waals surface area contributed by atoms with Crippen molar-refractivity contribution in [2.24, 2.45) is 0 Å². The van der Waals surface area contributed by atoms with E-state index >= 15 is 0 Å². The van der Waals surface area contributed by atoms with Gasteiger partial charge < -0.3 is 25.7 Å². The number of aryl methyl sites for hydroxylation is 1. The van der Waals surface area contributed by atoms with E-state index in [1.54, 1.807) is 6.92 Å². The summed E-state index contributed by atoms with van der Waals surface area (Å²) in [5.41, 5.74) is 1.54. The first-order chi connectivity index (χ1) is 18.8. The maximum atomic E-state index is 13.1. The fraction of sp³-hybridized carbons (Fsp3) is 0.407. The maximum absolute atomic E-state index is 13.1. The molecule has 0 saturated carbocycles. The lowest BCUT2D eigenvalue weighted by Crippen LogP contribution is -2.49. The average Bonchev–Trinajstić information content (AvgIpc) is 3.56. The number of hydrogen-bond donors (Lipinski definition) is 4. The third-order valence-electron chi connectivity index (χ3n) is 6.27. The fourth-order valence-electron chi connectivity index (χ4n) is 4.23. The molecular formula is C27H32N6O5S. The molecule has 0 aliphatic carbocycles. The molecule has 0 spiro atoms. The second kappa shape index (κ2) is 13.1. The van der Waals surface area contributed by atoms with E-state index in [0.29, 0.717) is 37.9 Å². The van der Waals surface area contributed by atoms with Crippen molar-refractivity contribution >= 4 is 35.0 Å². The van der Waals surface area contributed by atoms with Gasteiger partial charge in [-0.25, -0.2) is 9.97 Å².